The number of imidazole rings is 1. The van der Waals surface area contributed by atoms with Crippen LogP contribution in [0.1, 0.15) is 11.3 Å². The molecule has 1 heterocycles. The number of rotatable bonds is 4. The summed E-state index contributed by atoms with van der Waals surface area (Å²) in [6.45, 7) is 0.357. The lowest BCUT2D eigenvalue weighted by molar-refractivity contribution is -0.384. The molecule has 0 aliphatic heterocycles. The number of nitrogens with zero attached hydrogens (tertiary/aromatic N) is 2. The Labute approximate surface area is 108 Å². The second-order valence-corrected chi connectivity index (χ2v) is 4.14. The average Bonchev–Trinajstić information content (AvgIpc) is 2.71. The molecule has 2 aromatic rings. The molecular formula is C11H11N3O3S. The van der Waals surface area contributed by atoms with Crippen molar-refractivity contribution in [2.75, 3.05) is 0 Å². The minimum atomic E-state index is -0.440. The highest BCUT2D eigenvalue weighted by Gasteiger charge is 2.06. The van der Waals surface area contributed by atoms with Crippen molar-refractivity contribution in [3.63, 3.8) is 0 Å². The first-order valence-corrected chi connectivity index (χ1v) is 5.64. The zero-order chi connectivity index (χ0) is 13.1. The lowest BCUT2D eigenvalue weighted by atomic mass is 10.2. The standard InChI is InChI=1S/C11H11N3O3S/c15-7-10-5-12-11(18)13(10)6-8-1-3-9(4-2-8)14(16)17/h1-5,15H,6-7H2,(H,12,18)/i11+2. The molecule has 0 aliphatic rings. The number of aromatic amines is 1. The van der Waals surface area contributed by atoms with Gasteiger partial charge in [-0.1, -0.05) is 12.1 Å². The molecule has 2 rings (SSSR count). The summed E-state index contributed by atoms with van der Waals surface area (Å²) in [5, 5.41) is 19.7. The van der Waals surface area contributed by atoms with E-state index in [1.165, 1.54) is 12.1 Å². The van der Waals surface area contributed by atoms with Crippen LogP contribution in [0.25, 0.3) is 0 Å². The van der Waals surface area contributed by atoms with Gasteiger partial charge in [0.2, 0.25) is 0 Å². The molecule has 2 N–H and O–H groups in total. The van der Waals surface area contributed by atoms with E-state index in [0.29, 0.717) is 17.0 Å². The van der Waals surface area contributed by atoms with E-state index >= 15 is 0 Å². The van der Waals surface area contributed by atoms with E-state index in [1.54, 1.807) is 22.9 Å². The molecule has 0 fully saturated rings. The van der Waals surface area contributed by atoms with Crippen LogP contribution in [-0.2, 0) is 13.2 Å². The Kier molecular flexibility index (Phi) is 3.54. The van der Waals surface area contributed by atoms with Gasteiger partial charge in [0.25, 0.3) is 5.69 Å². The van der Waals surface area contributed by atoms with Crippen LogP contribution in [0.2, 0.25) is 0 Å². The zero-order valence-electron chi connectivity index (χ0n) is 9.37. The van der Waals surface area contributed by atoms with Crippen molar-refractivity contribution in [3.8, 4) is 0 Å². The predicted octanol–water partition coefficient (Wildman–Crippen LogP) is 1.99. The molecular weight excluding hydrogens is 256 g/mol. The number of nitrogens with one attached hydrogen (secondary N) is 1. The van der Waals surface area contributed by atoms with E-state index in [0.717, 1.165) is 5.56 Å². The quantitative estimate of drug-likeness (QED) is 0.504. The molecule has 18 heavy (non-hydrogen) atoms. The van der Waals surface area contributed by atoms with Crippen molar-refractivity contribution in [3.05, 3.63) is 56.6 Å². The van der Waals surface area contributed by atoms with Gasteiger partial charge in [-0.2, -0.15) is 0 Å². The monoisotopic (exact) mass is 267 g/mol. The topological polar surface area (TPSA) is 84.1 Å². The maximum atomic E-state index is 10.5. The van der Waals surface area contributed by atoms with Gasteiger partial charge in [0.1, 0.15) is 0 Å². The van der Waals surface area contributed by atoms with Gasteiger partial charge < -0.3 is 14.7 Å². The van der Waals surface area contributed by atoms with Gasteiger partial charge in [-0.25, -0.2) is 0 Å². The minimum absolute atomic E-state index is 0.0544. The van der Waals surface area contributed by atoms with Crippen LogP contribution in [0.15, 0.2) is 30.5 Å². The Morgan fingerprint density at radius 1 is 1.44 bits per heavy atom. The van der Waals surface area contributed by atoms with Gasteiger partial charge >= 0.3 is 0 Å². The smallest absolute Gasteiger partial charge is 0.269 e. The summed E-state index contributed by atoms with van der Waals surface area (Å²) < 4.78 is 2.26. The van der Waals surface area contributed by atoms with Gasteiger partial charge in [-0.05, 0) is 17.8 Å². The summed E-state index contributed by atoms with van der Waals surface area (Å²) in [4.78, 5) is 12.9. The number of nitro groups is 1. The lowest BCUT2D eigenvalue weighted by Gasteiger charge is -2.06. The summed E-state index contributed by atoms with van der Waals surface area (Å²) in [6.07, 6.45) is 1.65. The summed E-state index contributed by atoms with van der Waals surface area (Å²) >= 11 is 5.09. The number of aliphatic hydroxyl groups excluding tert-OH is 1. The fourth-order valence-electron chi connectivity index (χ4n) is 1.64. The third-order valence-electron chi connectivity index (χ3n) is 2.60. The van der Waals surface area contributed by atoms with Crippen molar-refractivity contribution in [2.45, 2.75) is 13.2 Å². The molecule has 7 heteroatoms. The first-order valence-electron chi connectivity index (χ1n) is 5.23. The highest BCUT2D eigenvalue weighted by atomic mass is 32.1. The Morgan fingerprint density at radius 3 is 2.67 bits per heavy atom. The SMILES string of the molecule is O=[N+]([O-])c1ccc(Cn2c(CO)c[nH][14c]2=S)cc1. The second kappa shape index (κ2) is 5.11. The third kappa shape index (κ3) is 2.47. The van der Waals surface area contributed by atoms with Crippen LogP contribution < -0.4 is 0 Å². The number of benzene rings is 1. The zero-order valence-corrected chi connectivity index (χ0v) is 10.2. The van der Waals surface area contributed by atoms with E-state index < -0.39 is 4.92 Å². The number of nitro benzene ring substituents is 1. The molecule has 0 radical (unpaired) electrons. The fourth-order valence-corrected chi connectivity index (χ4v) is 1.88. The molecule has 1 aromatic carbocycles. The van der Waals surface area contributed by atoms with Crippen molar-refractivity contribution in [1.29, 1.82) is 0 Å². The number of hydrogen-bond donors (Lipinski definition) is 2. The summed E-state index contributed by atoms with van der Waals surface area (Å²) in [6, 6.07) is 6.25. The van der Waals surface area contributed by atoms with E-state index in [-0.39, 0.29) is 12.3 Å². The molecule has 0 bridgehead atoms. The molecule has 0 saturated heterocycles. The average molecular weight is 267 g/mol. The predicted molar refractivity (Wildman–Crippen MR) is 67.7 cm³/mol. The van der Waals surface area contributed by atoms with E-state index in [9.17, 15) is 10.1 Å². The summed E-state index contributed by atoms with van der Waals surface area (Å²) in [5.74, 6) is 0. The Bertz CT molecular complexity index is 615. The van der Waals surface area contributed by atoms with Crippen LogP contribution in [0.3, 0.4) is 0 Å². The van der Waals surface area contributed by atoms with Crippen LogP contribution >= 0.6 is 12.2 Å². The van der Waals surface area contributed by atoms with Crippen molar-refractivity contribution < 1.29 is 10.0 Å². The Hall–Kier alpha value is -1.99. The van der Waals surface area contributed by atoms with Gasteiger partial charge in [0, 0.05) is 18.3 Å². The van der Waals surface area contributed by atoms with Gasteiger partial charge in [-0.15, -0.1) is 0 Å². The molecule has 1 aromatic heterocycles. The Morgan fingerprint density at radius 2 is 2.11 bits per heavy atom. The van der Waals surface area contributed by atoms with E-state index in [2.05, 4.69) is 4.98 Å². The number of aromatic nitrogens is 2. The van der Waals surface area contributed by atoms with E-state index in [4.69, 9.17) is 17.3 Å². The van der Waals surface area contributed by atoms with Crippen LogP contribution in [0.4, 0.5) is 5.69 Å². The molecule has 0 saturated carbocycles. The molecule has 0 unspecified atom stereocenters. The van der Waals surface area contributed by atoms with Crippen molar-refractivity contribution in [1.82, 2.24) is 9.55 Å². The third-order valence-corrected chi connectivity index (χ3v) is 2.94. The van der Waals surface area contributed by atoms with Crippen molar-refractivity contribution >= 4 is 17.9 Å². The summed E-state index contributed by atoms with van der Waals surface area (Å²) in [7, 11) is 0. The highest BCUT2D eigenvalue weighted by Crippen LogP contribution is 2.14. The van der Waals surface area contributed by atoms with Gasteiger partial charge in [0.05, 0.1) is 23.8 Å². The lowest BCUT2D eigenvalue weighted by Crippen LogP contribution is -2.04. The molecule has 6 nitrogen and oxygen atoms in total. The molecule has 94 valence electrons. The number of non-ortho nitro benzene ring substituents is 1. The Balaban J connectivity index is 2.26. The van der Waals surface area contributed by atoms with E-state index in [1.807, 2.05) is 0 Å². The normalized spacial score (nSPS) is 10.5. The highest BCUT2D eigenvalue weighted by molar-refractivity contribution is 7.71. The molecule has 0 atom stereocenters. The second-order valence-electron chi connectivity index (χ2n) is 3.75. The fraction of sp³-hybridized carbons (Fsp3) is 0.182. The molecule has 0 spiro atoms. The van der Waals surface area contributed by atoms with Gasteiger partial charge in [0.15, 0.2) is 4.77 Å². The largest absolute Gasteiger partial charge is 0.390 e. The van der Waals surface area contributed by atoms with Crippen molar-refractivity contribution in [2.24, 2.45) is 0 Å². The van der Waals surface area contributed by atoms with Gasteiger partial charge in [-0.3, -0.25) is 10.1 Å². The first-order chi connectivity index (χ1) is 8.61. The van der Waals surface area contributed by atoms with Crippen LogP contribution in [0.5, 0.6) is 0 Å². The molecule has 0 amide bonds. The summed E-state index contributed by atoms with van der Waals surface area (Å²) in [5.41, 5.74) is 1.61. The first kappa shape index (κ1) is 12.5. The number of H-pyrrole nitrogens is 1. The molecule has 0 aliphatic carbocycles. The number of aliphatic hydroxyl groups is 1. The maximum Gasteiger partial charge on any atom is 0.269 e. The van der Waals surface area contributed by atoms with Crippen LogP contribution in [-0.4, -0.2) is 19.6 Å². The van der Waals surface area contributed by atoms with Crippen LogP contribution in [0, 0.1) is 14.9 Å². The minimum Gasteiger partial charge on any atom is -0.390 e. The number of hydrogen-bond acceptors (Lipinski definition) is 4. The maximum absolute atomic E-state index is 10.5.